The van der Waals surface area contributed by atoms with Crippen LogP contribution in [0.4, 0.5) is 5.69 Å². The number of Topliss-reactive ketones (excluding diaryl/α,β-unsaturated/α-hetero) is 1. The van der Waals surface area contributed by atoms with E-state index in [1.54, 1.807) is 7.05 Å². The summed E-state index contributed by atoms with van der Waals surface area (Å²) in [7, 11) is 1.64. The van der Waals surface area contributed by atoms with Gasteiger partial charge in [0, 0.05) is 12.7 Å². The second-order valence-corrected chi connectivity index (χ2v) is 2.66. The van der Waals surface area contributed by atoms with E-state index >= 15 is 0 Å². The quantitative estimate of drug-likeness (QED) is 0.401. The van der Waals surface area contributed by atoms with Gasteiger partial charge in [0.2, 0.25) is 0 Å². The van der Waals surface area contributed by atoms with Crippen LogP contribution >= 0.6 is 12.4 Å². The predicted octanol–water partition coefficient (Wildman–Crippen LogP) is 1.76. The topological polar surface area (TPSA) is 69.6 Å². The largest absolute Gasteiger partial charge is 0.504 e. The van der Waals surface area contributed by atoms with E-state index in [2.05, 4.69) is 5.32 Å². The maximum absolute atomic E-state index is 11.1. The monoisotopic (exact) mass is 217 g/mol. The summed E-state index contributed by atoms with van der Waals surface area (Å²) in [4.78, 5) is 11.1. The molecule has 0 radical (unpaired) electrons. The Morgan fingerprint density at radius 2 is 1.93 bits per heavy atom. The minimum absolute atomic E-state index is 0. The average molecular weight is 218 g/mol. The van der Waals surface area contributed by atoms with Gasteiger partial charge in [-0.2, -0.15) is 0 Å². The molecule has 0 saturated heterocycles. The third kappa shape index (κ3) is 2.09. The number of rotatable bonds is 2. The number of benzene rings is 1. The zero-order valence-electron chi connectivity index (χ0n) is 7.87. The fraction of sp³-hybridized carbons (Fsp3) is 0.222. The van der Waals surface area contributed by atoms with Gasteiger partial charge in [-0.25, -0.2) is 0 Å². The van der Waals surface area contributed by atoms with Gasteiger partial charge in [0.15, 0.2) is 17.3 Å². The molecule has 78 valence electrons. The molecule has 4 nitrogen and oxygen atoms in total. The predicted molar refractivity (Wildman–Crippen MR) is 56.6 cm³/mol. The lowest BCUT2D eigenvalue weighted by Gasteiger charge is -2.08. The number of carbonyl (C=O) groups excluding carboxylic acids is 1. The molecule has 0 aromatic heterocycles. The van der Waals surface area contributed by atoms with Crippen molar-refractivity contribution in [3.63, 3.8) is 0 Å². The van der Waals surface area contributed by atoms with E-state index in [9.17, 15) is 9.90 Å². The first kappa shape index (κ1) is 12.6. The highest BCUT2D eigenvalue weighted by molar-refractivity contribution is 6.02. The van der Waals surface area contributed by atoms with Gasteiger partial charge in [-0.1, -0.05) is 0 Å². The van der Waals surface area contributed by atoms with Crippen LogP contribution in [0.15, 0.2) is 12.1 Å². The van der Waals surface area contributed by atoms with Gasteiger partial charge in [-0.3, -0.25) is 4.79 Å². The molecule has 1 rings (SSSR count). The van der Waals surface area contributed by atoms with Crippen molar-refractivity contribution in [2.75, 3.05) is 12.4 Å². The van der Waals surface area contributed by atoms with Crippen LogP contribution in [0.3, 0.4) is 0 Å². The lowest BCUT2D eigenvalue weighted by atomic mass is 10.1. The van der Waals surface area contributed by atoms with Gasteiger partial charge in [0.05, 0.1) is 5.56 Å². The van der Waals surface area contributed by atoms with E-state index < -0.39 is 0 Å². The van der Waals surface area contributed by atoms with E-state index in [4.69, 9.17) is 5.11 Å². The Labute approximate surface area is 88.0 Å². The average Bonchev–Trinajstić information content (AvgIpc) is 2.08. The van der Waals surface area contributed by atoms with Gasteiger partial charge in [-0.05, 0) is 19.1 Å². The molecule has 0 amide bonds. The summed E-state index contributed by atoms with van der Waals surface area (Å²) in [6.45, 7) is 1.33. The summed E-state index contributed by atoms with van der Waals surface area (Å²) in [6, 6.07) is 2.86. The Morgan fingerprint density at radius 1 is 1.36 bits per heavy atom. The number of hydrogen-bond acceptors (Lipinski definition) is 4. The summed E-state index contributed by atoms with van der Waals surface area (Å²) < 4.78 is 0. The van der Waals surface area contributed by atoms with Crippen molar-refractivity contribution in [3.05, 3.63) is 17.7 Å². The maximum Gasteiger partial charge on any atom is 0.170 e. The minimum atomic E-state index is -0.376. The molecule has 0 heterocycles. The van der Waals surface area contributed by atoms with Crippen LogP contribution in [-0.2, 0) is 0 Å². The van der Waals surface area contributed by atoms with Crippen LogP contribution in [0.2, 0.25) is 0 Å². The maximum atomic E-state index is 11.1. The Balaban J connectivity index is 0.00000169. The van der Waals surface area contributed by atoms with Crippen LogP contribution in [0.1, 0.15) is 17.3 Å². The molecule has 0 fully saturated rings. The van der Waals surface area contributed by atoms with Gasteiger partial charge in [-0.15, -0.1) is 12.4 Å². The molecule has 1 aromatic rings. The molecule has 14 heavy (non-hydrogen) atoms. The van der Waals surface area contributed by atoms with E-state index in [-0.39, 0.29) is 35.3 Å². The highest BCUT2D eigenvalue weighted by Crippen LogP contribution is 2.34. The van der Waals surface area contributed by atoms with Crippen LogP contribution in [0, 0.1) is 0 Å². The summed E-state index contributed by atoms with van der Waals surface area (Å²) in [6.07, 6.45) is 0. The minimum Gasteiger partial charge on any atom is -0.504 e. The SMILES string of the molecule is CNc1ccc(O)c(O)c1C(C)=O.Cl. The molecule has 0 bridgehead atoms. The molecule has 0 unspecified atom stereocenters. The number of carbonyl (C=O) groups is 1. The van der Waals surface area contributed by atoms with Crippen molar-refractivity contribution in [1.82, 2.24) is 0 Å². The molecule has 5 heteroatoms. The third-order valence-corrected chi connectivity index (χ3v) is 1.78. The van der Waals surface area contributed by atoms with E-state index in [1.807, 2.05) is 0 Å². The second-order valence-electron chi connectivity index (χ2n) is 2.66. The van der Waals surface area contributed by atoms with Crippen molar-refractivity contribution in [1.29, 1.82) is 0 Å². The number of phenolic OH excluding ortho intramolecular Hbond substituents is 2. The molecule has 0 atom stereocenters. The lowest BCUT2D eigenvalue weighted by molar-refractivity contribution is 0.101. The number of phenols is 2. The number of ketones is 1. The zero-order valence-corrected chi connectivity index (χ0v) is 8.68. The smallest absolute Gasteiger partial charge is 0.170 e. The molecule has 1 aromatic carbocycles. The summed E-state index contributed by atoms with van der Waals surface area (Å²) >= 11 is 0. The van der Waals surface area contributed by atoms with Crippen molar-refractivity contribution >= 4 is 23.9 Å². The molecule has 0 spiro atoms. The number of aromatic hydroxyl groups is 2. The van der Waals surface area contributed by atoms with Crippen LogP contribution in [0.5, 0.6) is 11.5 Å². The van der Waals surface area contributed by atoms with Crippen molar-refractivity contribution in [2.24, 2.45) is 0 Å². The summed E-state index contributed by atoms with van der Waals surface area (Å²) in [5.74, 6) is -0.957. The molecular weight excluding hydrogens is 206 g/mol. The number of halogens is 1. The molecule has 3 N–H and O–H groups in total. The zero-order chi connectivity index (χ0) is 10.0. The van der Waals surface area contributed by atoms with E-state index in [0.717, 1.165) is 0 Å². The summed E-state index contributed by atoms with van der Waals surface area (Å²) in [5.41, 5.74) is 0.616. The lowest BCUT2D eigenvalue weighted by Crippen LogP contribution is -2.00. The van der Waals surface area contributed by atoms with Crippen molar-refractivity contribution in [3.8, 4) is 11.5 Å². The number of nitrogens with one attached hydrogen (secondary N) is 1. The Hall–Kier alpha value is -1.42. The first-order valence-corrected chi connectivity index (χ1v) is 3.81. The van der Waals surface area contributed by atoms with Gasteiger partial charge < -0.3 is 15.5 Å². The Kier molecular flexibility index (Phi) is 4.24. The van der Waals surface area contributed by atoms with Crippen LogP contribution in [-0.4, -0.2) is 23.0 Å². The summed E-state index contributed by atoms with van der Waals surface area (Å²) in [5, 5.41) is 21.3. The second kappa shape index (κ2) is 4.72. The van der Waals surface area contributed by atoms with E-state index in [1.165, 1.54) is 19.1 Å². The van der Waals surface area contributed by atoms with Crippen LogP contribution in [0.25, 0.3) is 0 Å². The van der Waals surface area contributed by atoms with Crippen molar-refractivity contribution in [2.45, 2.75) is 6.92 Å². The fourth-order valence-electron chi connectivity index (χ4n) is 1.14. The standard InChI is InChI=1S/C9H11NO3.ClH/c1-5(11)8-6(10-2)3-4-7(12)9(8)13;/h3-4,10,12-13H,1-2H3;1H. The number of anilines is 1. The first-order valence-electron chi connectivity index (χ1n) is 3.81. The molecule has 0 aliphatic heterocycles. The Morgan fingerprint density at radius 3 is 2.36 bits per heavy atom. The van der Waals surface area contributed by atoms with Crippen LogP contribution < -0.4 is 5.32 Å². The highest BCUT2D eigenvalue weighted by atomic mass is 35.5. The molecular formula is C9H12ClNO3. The highest BCUT2D eigenvalue weighted by Gasteiger charge is 2.14. The van der Waals surface area contributed by atoms with Gasteiger partial charge >= 0.3 is 0 Å². The van der Waals surface area contributed by atoms with Gasteiger partial charge in [0.25, 0.3) is 0 Å². The molecule has 0 aliphatic rings. The Bertz CT molecular complexity index is 352. The third-order valence-electron chi connectivity index (χ3n) is 1.78. The van der Waals surface area contributed by atoms with Crippen molar-refractivity contribution < 1.29 is 15.0 Å². The number of hydrogen-bond donors (Lipinski definition) is 3. The van der Waals surface area contributed by atoms with E-state index in [0.29, 0.717) is 5.69 Å². The normalized spacial score (nSPS) is 9.00. The first-order chi connectivity index (χ1) is 6.07. The fourth-order valence-corrected chi connectivity index (χ4v) is 1.14. The molecule has 0 saturated carbocycles. The molecule has 0 aliphatic carbocycles. The van der Waals surface area contributed by atoms with Gasteiger partial charge in [0.1, 0.15) is 0 Å².